The molecule has 104 valence electrons. The highest BCUT2D eigenvalue weighted by Crippen LogP contribution is 2.41. The molecule has 2 heteroatoms. The number of hydrogen-bond donors (Lipinski definition) is 1. The van der Waals surface area contributed by atoms with Gasteiger partial charge in [0.15, 0.2) is 0 Å². The van der Waals surface area contributed by atoms with Gasteiger partial charge in [-0.25, -0.2) is 0 Å². The molecule has 1 aliphatic heterocycles. The molecule has 1 saturated heterocycles. The molecule has 0 amide bonds. The van der Waals surface area contributed by atoms with Crippen molar-refractivity contribution < 1.29 is 5.11 Å². The molecular formula is C18H21NO. The van der Waals surface area contributed by atoms with Crippen LogP contribution in [0.2, 0.25) is 0 Å². The highest BCUT2D eigenvalue weighted by Gasteiger charge is 2.38. The summed E-state index contributed by atoms with van der Waals surface area (Å²) >= 11 is 0. The molecule has 2 aromatic rings. The summed E-state index contributed by atoms with van der Waals surface area (Å²) in [6.45, 7) is 0.908. The van der Waals surface area contributed by atoms with Gasteiger partial charge >= 0.3 is 0 Å². The van der Waals surface area contributed by atoms with Crippen LogP contribution in [-0.2, 0) is 5.60 Å². The zero-order chi connectivity index (χ0) is 14.0. The second-order valence-electron chi connectivity index (χ2n) is 5.76. The number of likely N-dealkylation sites (tertiary alicyclic amines) is 1. The summed E-state index contributed by atoms with van der Waals surface area (Å²) in [5.74, 6) is 0. The predicted octanol–water partition coefficient (Wildman–Crippen LogP) is 3.34. The van der Waals surface area contributed by atoms with Crippen molar-refractivity contribution >= 4 is 0 Å². The zero-order valence-electron chi connectivity index (χ0n) is 11.9. The van der Waals surface area contributed by atoms with Crippen LogP contribution in [0.5, 0.6) is 0 Å². The maximum absolute atomic E-state index is 11.1. The van der Waals surface area contributed by atoms with Gasteiger partial charge in [-0.15, -0.1) is 0 Å². The summed E-state index contributed by atoms with van der Waals surface area (Å²) in [5.41, 5.74) is 1.60. The van der Waals surface area contributed by atoms with E-state index in [4.69, 9.17) is 0 Å². The van der Waals surface area contributed by atoms with Gasteiger partial charge in [0, 0.05) is 19.0 Å². The second-order valence-corrected chi connectivity index (χ2v) is 5.76. The molecule has 0 spiro atoms. The molecule has 2 atom stereocenters. The standard InChI is InChI=1S/C18H21NO/c1-19-13-12-18(20,16-10-6-3-7-11-16)14-17(19)15-8-4-2-5-9-15/h2-11,17,20H,12-14H2,1H3. The van der Waals surface area contributed by atoms with Crippen LogP contribution in [0.4, 0.5) is 0 Å². The Morgan fingerprint density at radius 1 is 1.00 bits per heavy atom. The molecule has 0 saturated carbocycles. The summed E-state index contributed by atoms with van der Waals surface area (Å²) < 4.78 is 0. The highest BCUT2D eigenvalue weighted by molar-refractivity contribution is 5.26. The van der Waals surface area contributed by atoms with E-state index in [1.54, 1.807) is 0 Å². The number of piperidine rings is 1. The maximum atomic E-state index is 11.1. The summed E-state index contributed by atoms with van der Waals surface area (Å²) in [6, 6.07) is 20.8. The van der Waals surface area contributed by atoms with Gasteiger partial charge in [0.2, 0.25) is 0 Å². The fraction of sp³-hybridized carbons (Fsp3) is 0.333. The van der Waals surface area contributed by atoms with Gasteiger partial charge in [-0.1, -0.05) is 60.7 Å². The normalized spacial score (nSPS) is 27.4. The number of benzene rings is 2. The molecule has 0 aromatic heterocycles. The van der Waals surface area contributed by atoms with E-state index < -0.39 is 5.60 Å². The quantitative estimate of drug-likeness (QED) is 0.902. The minimum atomic E-state index is -0.714. The van der Waals surface area contributed by atoms with E-state index in [9.17, 15) is 5.11 Å². The smallest absolute Gasteiger partial charge is 0.0926 e. The van der Waals surface area contributed by atoms with Crippen LogP contribution in [0.25, 0.3) is 0 Å². The van der Waals surface area contributed by atoms with Crippen molar-refractivity contribution in [2.45, 2.75) is 24.5 Å². The average molecular weight is 267 g/mol. The molecule has 20 heavy (non-hydrogen) atoms. The molecule has 0 radical (unpaired) electrons. The second kappa shape index (κ2) is 5.39. The van der Waals surface area contributed by atoms with Crippen LogP contribution < -0.4 is 0 Å². The third-order valence-electron chi connectivity index (χ3n) is 4.44. The van der Waals surface area contributed by atoms with Crippen LogP contribution in [0.15, 0.2) is 60.7 Å². The van der Waals surface area contributed by atoms with E-state index in [1.807, 2.05) is 36.4 Å². The van der Waals surface area contributed by atoms with Crippen molar-refractivity contribution in [3.63, 3.8) is 0 Å². The molecule has 2 nitrogen and oxygen atoms in total. The average Bonchev–Trinajstić information content (AvgIpc) is 2.52. The van der Waals surface area contributed by atoms with Gasteiger partial charge in [-0.05, 0) is 24.6 Å². The molecule has 0 aliphatic carbocycles. The third kappa shape index (κ3) is 2.49. The van der Waals surface area contributed by atoms with E-state index in [0.29, 0.717) is 0 Å². The first-order valence-corrected chi connectivity index (χ1v) is 7.22. The van der Waals surface area contributed by atoms with E-state index >= 15 is 0 Å². The van der Waals surface area contributed by atoms with E-state index in [0.717, 1.165) is 24.9 Å². The van der Waals surface area contributed by atoms with Gasteiger partial charge in [0.1, 0.15) is 0 Å². The largest absolute Gasteiger partial charge is 0.385 e. The van der Waals surface area contributed by atoms with Crippen LogP contribution in [0.1, 0.15) is 30.0 Å². The molecule has 1 heterocycles. The highest BCUT2D eigenvalue weighted by atomic mass is 16.3. The molecule has 1 aliphatic rings. The molecule has 2 aromatic carbocycles. The monoisotopic (exact) mass is 267 g/mol. The van der Waals surface area contributed by atoms with E-state index in [1.165, 1.54) is 5.56 Å². The maximum Gasteiger partial charge on any atom is 0.0926 e. The van der Waals surface area contributed by atoms with E-state index in [-0.39, 0.29) is 6.04 Å². The SMILES string of the molecule is CN1CCC(O)(c2ccccc2)CC1c1ccccc1. The Hall–Kier alpha value is -1.64. The predicted molar refractivity (Wildman–Crippen MR) is 81.4 cm³/mol. The van der Waals surface area contributed by atoms with Crippen molar-refractivity contribution in [3.8, 4) is 0 Å². The fourth-order valence-electron chi connectivity index (χ4n) is 3.15. The Morgan fingerprint density at radius 3 is 2.25 bits per heavy atom. The lowest BCUT2D eigenvalue weighted by molar-refractivity contribution is -0.0458. The van der Waals surface area contributed by atoms with Crippen LogP contribution in [-0.4, -0.2) is 23.6 Å². The molecule has 1 fully saturated rings. The number of rotatable bonds is 2. The van der Waals surface area contributed by atoms with Crippen molar-refractivity contribution in [1.29, 1.82) is 0 Å². The first-order chi connectivity index (χ1) is 9.69. The van der Waals surface area contributed by atoms with Crippen molar-refractivity contribution in [2.75, 3.05) is 13.6 Å². The molecule has 1 N–H and O–H groups in total. The lowest BCUT2D eigenvalue weighted by Crippen LogP contribution is -2.42. The van der Waals surface area contributed by atoms with E-state index in [2.05, 4.69) is 36.2 Å². The summed E-state index contributed by atoms with van der Waals surface area (Å²) in [6.07, 6.45) is 1.54. The Kier molecular flexibility index (Phi) is 3.60. The van der Waals surface area contributed by atoms with Gasteiger partial charge < -0.3 is 5.11 Å². The minimum Gasteiger partial charge on any atom is -0.385 e. The molecule has 3 rings (SSSR count). The molecule has 2 unspecified atom stereocenters. The van der Waals surface area contributed by atoms with Crippen LogP contribution in [0.3, 0.4) is 0 Å². The number of nitrogens with zero attached hydrogens (tertiary/aromatic N) is 1. The van der Waals surface area contributed by atoms with Crippen molar-refractivity contribution in [1.82, 2.24) is 4.90 Å². The van der Waals surface area contributed by atoms with Gasteiger partial charge in [0.25, 0.3) is 0 Å². The molecule has 0 bridgehead atoms. The van der Waals surface area contributed by atoms with Crippen LogP contribution in [0, 0.1) is 0 Å². The van der Waals surface area contributed by atoms with Crippen molar-refractivity contribution in [2.24, 2.45) is 0 Å². The number of hydrogen-bond acceptors (Lipinski definition) is 2. The van der Waals surface area contributed by atoms with Gasteiger partial charge in [-0.2, -0.15) is 0 Å². The first kappa shape index (κ1) is 13.3. The van der Waals surface area contributed by atoms with Gasteiger partial charge in [0.05, 0.1) is 5.60 Å². The summed E-state index contributed by atoms with van der Waals surface area (Å²) in [7, 11) is 2.14. The summed E-state index contributed by atoms with van der Waals surface area (Å²) in [5, 5.41) is 11.1. The Morgan fingerprint density at radius 2 is 1.60 bits per heavy atom. The fourth-order valence-corrected chi connectivity index (χ4v) is 3.15. The van der Waals surface area contributed by atoms with Crippen molar-refractivity contribution in [3.05, 3.63) is 71.8 Å². The lowest BCUT2D eigenvalue weighted by atomic mass is 9.79. The van der Waals surface area contributed by atoms with Gasteiger partial charge in [-0.3, -0.25) is 4.90 Å². The zero-order valence-corrected chi connectivity index (χ0v) is 11.9. The summed E-state index contributed by atoms with van der Waals surface area (Å²) in [4.78, 5) is 2.34. The Balaban J connectivity index is 1.90. The minimum absolute atomic E-state index is 0.273. The lowest BCUT2D eigenvalue weighted by Gasteiger charge is -2.43. The molecular weight excluding hydrogens is 246 g/mol. The first-order valence-electron chi connectivity index (χ1n) is 7.22. The Labute approximate surface area is 120 Å². The van der Waals surface area contributed by atoms with Crippen LogP contribution >= 0.6 is 0 Å². The Bertz CT molecular complexity index is 554. The number of aliphatic hydroxyl groups is 1. The third-order valence-corrected chi connectivity index (χ3v) is 4.44. The topological polar surface area (TPSA) is 23.5 Å².